The molecule has 0 bridgehead atoms. The van der Waals surface area contributed by atoms with E-state index in [0.717, 1.165) is 82.4 Å². The van der Waals surface area contributed by atoms with E-state index in [2.05, 4.69) is 206 Å². The number of fused-ring (bicyclic) bond motifs is 6. The van der Waals surface area contributed by atoms with Crippen molar-refractivity contribution in [2.24, 2.45) is 0 Å². The highest BCUT2D eigenvalue weighted by Crippen LogP contribution is 2.43. The minimum absolute atomic E-state index is 0.614. The lowest BCUT2D eigenvalue weighted by molar-refractivity contribution is 0.669. The van der Waals surface area contributed by atoms with Gasteiger partial charge < -0.3 is 4.42 Å². The number of hydrogen-bond acceptors (Lipinski definition) is 4. The Labute approximate surface area is 352 Å². The lowest BCUT2D eigenvalue weighted by atomic mass is 9.92. The van der Waals surface area contributed by atoms with Crippen molar-refractivity contribution >= 4 is 54.3 Å². The molecular weight excluding hydrogens is 743 g/mol. The monoisotopic (exact) mass is 777 g/mol. The zero-order chi connectivity index (χ0) is 40.3. The van der Waals surface area contributed by atoms with Gasteiger partial charge in [0.25, 0.3) is 0 Å². The second kappa shape index (κ2) is 14.3. The van der Waals surface area contributed by atoms with Crippen molar-refractivity contribution in [1.82, 2.24) is 15.0 Å². The van der Waals surface area contributed by atoms with Crippen LogP contribution < -0.4 is 0 Å². The lowest BCUT2D eigenvalue weighted by Crippen LogP contribution is -2.01. The molecule has 2 aromatic heterocycles. The van der Waals surface area contributed by atoms with Crippen molar-refractivity contribution in [3.05, 3.63) is 212 Å². The van der Waals surface area contributed by atoms with Gasteiger partial charge in [0.15, 0.2) is 17.5 Å². The van der Waals surface area contributed by atoms with Crippen LogP contribution in [0.5, 0.6) is 0 Å². The molecule has 0 saturated carbocycles. The van der Waals surface area contributed by atoms with Crippen LogP contribution >= 0.6 is 0 Å². The van der Waals surface area contributed by atoms with Crippen LogP contribution in [0.25, 0.3) is 122 Å². The maximum Gasteiger partial charge on any atom is 0.164 e. The largest absolute Gasteiger partial charge is 0.456 e. The third-order valence-electron chi connectivity index (χ3n) is 11.9. The summed E-state index contributed by atoms with van der Waals surface area (Å²) in [5.74, 6) is 1.85. The molecule has 0 radical (unpaired) electrons. The number of nitrogens with zero attached hydrogens (tertiary/aromatic N) is 3. The molecule has 12 rings (SSSR count). The Morgan fingerprint density at radius 1 is 0.262 bits per heavy atom. The minimum atomic E-state index is 0.614. The first kappa shape index (κ1) is 34.8. The normalized spacial score (nSPS) is 11.6. The second-order valence-electron chi connectivity index (χ2n) is 15.5. The van der Waals surface area contributed by atoms with E-state index in [-0.39, 0.29) is 0 Å². The molecule has 2 heterocycles. The van der Waals surface area contributed by atoms with Gasteiger partial charge in [0.1, 0.15) is 11.2 Å². The van der Waals surface area contributed by atoms with Crippen molar-refractivity contribution in [3.63, 3.8) is 0 Å². The Morgan fingerprint density at radius 2 is 0.803 bits per heavy atom. The highest BCUT2D eigenvalue weighted by Gasteiger charge is 2.20. The molecule has 0 fully saturated rings. The predicted octanol–water partition coefficient (Wildman–Crippen LogP) is 15.2. The Kier molecular flexibility index (Phi) is 8.13. The summed E-state index contributed by atoms with van der Waals surface area (Å²) in [5.41, 5.74) is 11.3. The summed E-state index contributed by atoms with van der Waals surface area (Å²) < 4.78 is 6.51. The van der Waals surface area contributed by atoms with Gasteiger partial charge in [-0.2, -0.15) is 0 Å². The van der Waals surface area contributed by atoms with E-state index < -0.39 is 0 Å². The van der Waals surface area contributed by atoms with Gasteiger partial charge in [-0.3, -0.25) is 0 Å². The van der Waals surface area contributed by atoms with Gasteiger partial charge in [-0.25, -0.2) is 15.0 Å². The molecular formula is C57H35N3O. The minimum Gasteiger partial charge on any atom is -0.456 e. The van der Waals surface area contributed by atoms with E-state index in [0.29, 0.717) is 17.5 Å². The van der Waals surface area contributed by atoms with Crippen LogP contribution in [0.2, 0.25) is 0 Å². The molecule has 4 nitrogen and oxygen atoms in total. The molecule has 12 aromatic rings. The molecule has 61 heavy (non-hydrogen) atoms. The summed E-state index contributed by atoms with van der Waals surface area (Å²) in [6.45, 7) is 0. The van der Waals surface area contributed by atoms with Crippen molar-refractivity contribution in [1.29, 1.82) is 0 Å². The van der Waals surface area contributed by atoms with Crippen LogP contribution in [0.15, 0.2) is 217 Å². The summed E-state index contributed by atoms with van der Waals surface area (Å²) in [6.07, 6.45) is 0. The van der Waals surface area contributed by atoms with E-state index in [1.807, 2.05) is 6.07 Å². The molecule has 0 atom stereocenters. The van der Waals surface area contributed by atoms with Crippen molar-refractivity contribution in [2.45, 2.75) is 0 Å². The van der Waals surface area contributed by atoms with Gasteiger partial charge >= 0.3 is 0 Å². The lowest BCUT2D eigenvalue weighted by Gasteiger charge is -2.15. The Morgan fingerprint density at radius 3 is 1.59 bits per heavy atom. The summed E-state index contributed by atoms with van der Waals surface area (Å²) in [6, 6.07) is 74.6. The zero-order valence-electron chi connectivity index (χ0n) is 33.0. The number of aromatic nitrogens is 3. The molecule has 0 aliphatic rings. The van der Waals surface area contributed by atoms with Crippen LogP contribution in [-0.4, -0.2) is 15.0 Å². The Balaban J connectivity index is 1.05. The second-order valence-corrected chi connectivity index (χ2v) is 15.5. The fourth-order valence-electron chi connectivity index (χ4n) is 8.94. The fraction of sp³-hybridized carbons (Fsp3) is 0. The van der Waals surface area contributed by atoms with Gasteiger partial charge in [0.2, 0.25) is 0 Å². The number of hydrogen-bond donors (Lipinski definition) is 0. The first-order chi connectivity index (χ1) is 30.2. The molecule has 284 valence electrons. The van der Waals surface area contributed by atoms with Crippen molar-refractivity contribution in [3.8, 4) is 67.5 Å². The Bertz CT molecular complexity index is 3650. The molecule has 4 heteroatoms. The third kappa shape index (κ3) is 6.04. The van der Waals surface area contributed by atoms with Crippen molar-refractivity contribution in [2.75, 3.05) is 0 Å². The number of rotatable bonds is 6. The van der Waals surface area contributed by atoms with Gasteiger partial charge in [0, 0.05) is 27.5 Å². The maximum atomic E-state index is 6.51. The van der Waals surface area contributed by atoms with E-state index in [4.69, 9.17) is 19.4 Å². The van der Waals surface area contributed by atoms with E-state index >= 15 is 0 Å². The van der Waals surface area contributed by atoms with Crippen LogP contribution in [0, 0.1) is 0 Å². The van der Waals surface area contributed by atoms with E-state index in [1.165, 1.54) is 21.9 Å². The smallest absolute Gasteiger partial charge is 0.164 e. The summed E-state index contributed by atoms with van der Waals surface area (Å²) in [4.78, 5) is 15.9. The fourth-order valence-corrected chi connectivity index (χ4v) is 8.94. The van der Waals surface area contributed by atoms with Gasteiger partial charge in [0.05, 0.1) is 0 Å². The SMILES string of the molecule is c1ccc(-c2ccc(-c3ccccc3-c3nc(-c4ccc5ccccc5c4)nc(-c4ccc(-c5cccc6oc7cc8ccccc8cc7c56)c5ccccc45)n3)cc2)cc1. The molecule has 0 unspecified atom stereocenters. The van der Waals surface area contributed by atoms with Gasteiger partial charge in [-0.05, 0) is 96.0 Å². The first-order valence-corrected chi connectivity index (χ1v) is 20.6. The molecule has 0 aliphatic heterocycles. The molecule has 0 amide bonds. The molecule has 0 aliphatic carbocycles. The van der Waals surface area contributed by atoms with Crippen LogP contribution in [-0.2, 0) is 0 Å². The summed E-state index contributed by atoms with van der Waals surface area (Å²) in [5, 5.41) is 9.02. The maximum absolute atomic E-state index is 6.51. The summed E-state index contributed by atoms with van der Waals surface area (Å²) >= 11 is 0. The highest BCUT2D eigenvalue weighted by atomic mass is 16.3. The van der Waals surface area contributed by atoms with Gasteiger partial charge in [-0.15, -0.1) is 0 Å². The molecule has 0 N–H and O–H groups in total. The van der Waals surface area contributed by atoms with Crippen LogP contribution in [0.3, 0.4) is 0 Å². The van der Waals surface area contributed by atoms with E-state index in [9.17, 15) is 0 Å². The Hall–Kier alpha value is -8.21. The van der Waals surface area contributed by atoms with Crippen LogP contribution in [0.1, 0.15) is 0 Å². The average Bonchev–Trinajstić information content (AvgIpc) is 3.70. The summed E-state index contributed by atoms with van der Waals surface area (Å²) in [7, 11) is 0. The zero-order valence-corrected chi connectivity index (χ0v) is 33.0. The standard InChI is InChI=1S/C57H35N3O/c1-2-13-36(14-3-1)38-25-28-39(29-26-38)44-19-8-11-22-49(44)56-58-55(43-30-27-37-15-4-5-16-40(37)33-43)59-57(60-56)50-32-31-47(45-20-9-10-21-46(45)50)48-23-12-24-52-54(48)51-34-41-17-6-7-18-42(41)35-53(51)61-52/h1-35H. The predicted molar refractivity (Wildman–Crippen MR) is 252 cm³/mol. The number of furan rings is 1. The van der Waals surface area contributed by atoms with Crippen molar-refractivity contribution < 1.29 is 4.42 Å². The highest BCUT2D eigenvalue weighted by molar-refractivity contribution is 6.18. The number of benzene rings is 10. The molecule has 10 aromatic carbocycles. The quantitative estimate of drug-likeness (QED) is 0.169. The van der Waals surface area contributed by atoms with Crippen LogP contribution in [0.4, 0.5) is 0 Å². The van der Waals surface area contributed by atoms with Gasteiger partial charge in [-0.1, -0.05) is 182 Å². The average molecular weight is 778 g/mol. The first-order valence-electron chi connectivity index (χ1n) is 20.6. The topological polar surface area (TPSA) is 51.8 Å². The van der Waals surface area contributed by atoms with E-state index in [1.54, 1.807) is 0 Å². The molecule has 0 saturated heterocycles. The third-order valence-corrected chi connectivity index (χ3v) is 11.9. The molecule has 0 spiro atoms.